The molecule has 1 unspecified atom stereocenters. The third kappa shape index (κ3) is 2.26. The van der Waals surface area contributed by atoms with Gasteiger partial charge in [-0.3, -0.25) is 0 Å². The normalized spacial score (nSPS) is 12.4. The van der Waals surface area contributed by atoms with Crippen LogP contribution in [0.4, 0.5) is 0 Å². The molecule has 3 nitrogen and oxygen atoms in total. The Morgan fingerprint density at radius 3 is 2.33 bits per heavy atom. The zero-order chi connectivity index (χ0) is 11.6. The van der Waals surface area contributed by atoms with Gasteiger partial charge in [0.25, 0.3) is 0 Å². The summed E-state index contributed by atoms with van der Waals surface area (Å²) in [5.74, 6) is 1.41. The SMILES string of the molecule is COc1cc(Br)c(C)c(C(C)N)c1OC. The first-order valence-corrected chi connectivity index (χ1v) is 5.48. The van der Waals surface area contributed by atoms with Gasteiger partial charge in [-0.1, -0.05) is 15.9 Å². The molecule has 0 aliphatic carbocycles. The Balaban J connectivity index is 3.49. The number of hydrogen-bond donors (Lipinski definition) is 1. The van der Waals surface area contributed by atoms with Gasteiger partial charge < -0.3 is 15.2 Å². The molecule has 0 heterocycles. The summed E-state index contributed by atoms with van der Waals surface area (Å²) in [4.78, 5) is 0. The van der Waals surface area contributed by atoms with Crippen molar-refractivity contribution in [1.82, 2.24) is 0 Å². The summed E-state index contributed by atoms with van der Waals surface area (Å²) < 4.78 is 11.6. The molecule has 0 saturated carbocycles. The molecule has 0 spiro atoms. The lowest BCUT2D eigenvalue weighted by molar-refractivity contribution is 0.349. The van der Waals surface area contributed by atoms with Crippen LogP contribution in [0.25, 0.3) is 0 Å². The third-order valence-electron chi connectivity index (χ3n) is 2.37. The van der Waals surface area contributed by atoms with Gasteiger partial charge in [-0.2, -0.15) is 0 Å². The van der Waals surface area contributed by atoms with Gasteiger partial charge in [0, 0.05) is 16.1 Å². The molecule has 1 atom stereocenters. The van der Waals surface area contributed by atoms with Crippen LogP contribution in [0.1, 0.15) is 24.1 Å². The highest BCUT2D eigenvalue weighted by Crippen LogP contribution is 2.40. The lowest BCUT2D eigenvalue weighted by Crippen LogP contribution is -2.10. The Hall–Kier alpha value is -0.740. The van der Waals surface area contributed by atoms with Crippen molar-refractivity contribution in [3.63, 3.8) is 0 Å². The second-order valence-electron chi connectivity index (χ2n) is 3.42. The first-order chi connectivity index (χ1) is 7.02. The zero-order valence-electron chi connectivity index (χ0n) is 9.43. The van der Waals surface area contributed by atoms with E-state index in [2.05, 4.69) is 15.9 Å². The van der Waals surface area contributed by atoms with Crippen molar-refractivity contribution < 1.29 is 9.47 Å². The van der Waals surface area contributed by atoms with E-state index in [-0.39, 0.29) is 6.04 Å². The first-order valence-electron chi connectivity index (χ1n) is 4.69. The number of hydrogen-bond acceptors (Lipinski definition) is 3. The van der Waals surface area contributed by atoms with E-state index in [4.69, 9.17) is 15.2 Å². The Kier molecular flexibility index (Phi) is 3.99. The van der Waals surface area contributed by atoms with Crippen LogP contribution < -0.4 is 15.2 Å². The van der Waals surface area contributed by atoms with Crippen molar-refractivity contribution in [3.05, 3.63) is 21.7 Å². The molecule has 15 heavy (non-hydrogen) atoms. The number of rotatable bonds is 3. The van der Waals surface area contributed by atoms with Gasteiger partial charge in [0.05, 0.1) is 14.2 Å². The molecule has 1 aromatic rings. The van der Waals surface area contributed by atoms with Gasteiger partial charge in [-0.05, 0) is 25.5 Å². The molecule has 0 radical (unpaired) electrons. The number of halogens is 1. The fourth-order valence-corrected chi connectivity index (χ4v) is 2.05. The van der Waals surface area contributed by atoms with Gasteiger partial charge >= 0.3 is 0 Å². The monoisotopic (exact) mass is 273 g/mol. The first kappa shape index (κ1) is 12.3. The van der Waals surface area contributed by atoms with Gasteiger partial charge in [0.15, 0.2) is 11.5 Å². The minimum atomic E-state index is -0.0913. The number of nitrogens with two attached hydrogens (primary N) is 1. The molecular weight excluding hydrogens is 258 g/mol. The van der Waals surface area contributed by atoms with E-state index in [9.17, 15) is 0 Å². The van der Waals surface area contributed by atoms with Gasteiger partial charge in [0.2, 0.25) is 0 Å². The molecule has 1 rings (SSSR count). The predicted molar refractivity (Wildman–Crippen MR) is 64.6 cm³/mol. The van der Waals surface area contributed by atoms with Crippen LogP contribution in [0.15, 0.2) is 10.5 Å². The fourth-order valence-electron chi connectivity index (χ4n) is 1.63. The van der Waals surface area contributed by atoms with E-state index in [1.54, 1.807) is 14.2 Å². The number of methoxy groups -OCH3 is 2. The second kappa shape index (κ2) is 4.86. The average molecular weight is 274 g/mol. The molecule has 84 valence electrons. The maximum Gasteiger partial charge on any atom is 0.165 e. The van der Waals surface area contributed by atoms with Crippen LogP contribution in [0, 0.1) is 6.92 Å². The Bertz CT molecular complexity index is 364. The standard InChI is InChI=1S/C11H16BrNO2/c1-6-8(12)5-9(14-3)11(15-4)10(6)7(2)13/h5,7H,13H2,1-4H3. The number of ether oxygens (including phenoxy) is 2. The van der Waals surface area contributed by atoms with Crippen molar-refractivity contribution >= 4 is 15.9 Å². The smallest absolute Gasteiger partial charge is 0.165 e. The van der Waals surface area contributed by atoms with E-state index in [0.717, 1.165) is 15.6 Å². The highest BCUT2D eigenvalue weighted by Gasteiger charge is 2.18. The highest BCUT2D eigenvalue weighted by molar-refractivity contribution is 9.10. The summed E-state index contributed by atoms with van der Waals surface area (Å²) in [7, 11) is 3.24. The summed E-state index contributed by atoms with van der Waals surface area (Å²) in [6.07, 6.45) is 0. The van der Waals surface area contributed by atoms with E-state index < -0.39 is 0 Å². The molecule has 0 aromatic heterocycles. The zero-order valence-corrected chi connectivity index (χ0v) is 11.0. The predicted octanol–water partition coefficient (Wildman–Crippen LogP) is 2.79. The molecular formula is C11H16BrNO2. The Labute approximate surface area is 98.7 Å². The Morgan fingerprint density at radius 1 is 1.33 bits per heavy atom. The van der Waals surface area contributed by atoms with Crippen LogP contribution in [-0.4, -0.2) is 14.2 Å². The molecule has 0 bridgehead atoms. The van der Waals surface area contributed by atoms with Crippen LogP contribution in [-0.2, 0) is 0 Å². The van der Waals surface area contributed by atoms with E-state index >= 15 is 0 Å². The largest absolute Gasteiger partial charge is 0.493 e. The Morgan fingerprint density at radius 2 is 1.93 bits per heavy atom. The van der Waals surface area contributed by atoms with Crippen LogP contribution in [0.5, 0.6) is 11.5 Å². The van der Waals surface area contributed by atoms with Crippen molar-refractivity contribution in [1.29, 1.82) is 0 Å². The molecule has 1 aromatic carbocycles. The molecule has 0 saturated heterocycles. The molecule has 4 heteroatoms. The summed E-state index contributed by atoms with van der Waals surface area (Å²) in [6, 6.07) is 1.80. The van der Waals surface area contributed by atoms with Crippen LogP contribution >= 0.6 is 15.9 Å². The molecule has 0 aliphatic rings. The maximum absolute atomic E-state index is 5.93. The molecule has 0 aliphatic heterocycles. The molecule has 2 N–H and O–H groups in total. The molecule has 0 amide bonds. The van der Waals surface area contributed by atoms with Gasteiger partial charge in [-0.15, -0.1) is 0 Å². The van der Waals surface area contributed by atoms with Crippen molar-refractivity contribution in [2.45, 2.75) is 19.9 Å². The lowest BCUT2D eigenvalue weighted by Gasteiger charge is -2.18. The van der Waals surface area contributed by atoms with Crippen molar-refractivity contribution in [2.75, 3.05) is 14.2 Å². The van der Waals surface area contributed by atoms with E-state index in [1.807, 2.05) is 19.9 Å². The quantitative estimate of drug-likeness (QED) is 0.921. The van der Waals surface area contributed by atoms with E-state index in [1.165, 1.54) is 0 Å². The average Bonchev–Trinajstić information content (AvgIpc) is 2.20. The van der Waals surface area contributed by atoms with Crippen LogP contribution in [0.2, 0.25) is 0 Å². The lowest BCUT2D eigenvalue weighted by atomic mass is 10.0. The topological polar surface area (TPSA) is 44.5 Å². The van der Waals surface area contributed by atoms with E-state index in [0.29, 0.717) is 11.5 Å². The van der Waals surface area contributed by atoms with Crippen molar-refractivity contribution in [2.24, 2.45) is 5.73 Å². The highest BCUT2D eigenvalue weighted by atomic mass is 79.9. The van der Waals surface area contributed by atoms with Crippen LogP contribution in [0.3, 0.4) is 0 Å². The summed E-state index contributed by atoms with van der Waals surface area (Å²) in [5.41, 5.74) is 7.99. The summed E-state index contributed by atoms with van der Waals surface area (Å²) in [6.45, 7) is 3.93. The van der Waals surface area contributed by atoms with Crippen molar-refractivity contribution in [3.8, 4) is 11.5 Å². The third-order valence-corrected chi connectivity index (χ3v) is 3.19. The minimum Gasteiger partial charge on any atom is -0.493 e. The second-order valence-corrected chi connectivity index (χ2v) is 4.28. The fraction of sp³-hybridized carbons (Fsp3) is 0.455. The van der Waals surface area contributed by atoms with Gasteiger partial charge in [0.1, 0.15) is 0 Å². The summed E-state index contributed by atoms with van der Waals surface area (Å²) >= 11 is 3.48. The van der Waals surface area contributed by atoms with Gasteiger partial charge in [-0.25, -0.2) is 0 Å². The maximum atomic E-state index is 5.93. The molecule has 0 fully saturated rings. The number of benzene rings is 1. The minimum absolute atomic E-state index is 0.0913. The summed E-state index contributed by atoms with van der Waals surface area (Å²) in [5, 5.41) is 0.